The van der Waals surface area contributed by atoms with Crippen LogP contribution in [0, 0.1) is 6.92 Å². The van der Waals surface area contributed by atoms with Gasteiger partial charge in [0, 0.05) is 39.4 Å². The van der Waals surface area contributed by atoms with E-state index in [1.165, 1.54) is 106 Å². The van der Waals surface area contributed by atoms with E-state index in [0.717, 1.165) is 0 Å². The minimum absolute atomic E-state index is 0.00117. The first-order chi connectivity index (χ1) is 30.8. The quantitative estimate of drug-likeness (QED) is 0.159. The number of hydrogen-bond acceptors (Lipinski definition) is 2. The lowest BCUT2D eigenvalue weighted by Gasteiger charge is -2.45. The molecule has 0 aliphatic carbocycles. The first-order valence-electron chi connectivity index (χ1n) is 23.6. The minimum Gasteiger partial charge on any atom is -0.311 e. The fourth-order valence-corrected chi connectivity index (χ4v) is 10.5. The topological polar surface area (TPSA) is 6.48 Å². The van der Waals surface area contributed by atoms with Gasteiger partial charge in [0.25, 0.3) is 6.71 Å². The predicted molar refractivity (Wildman–Crippen MR) is 283 cm³/mol. The van der Waals surface area contributed by atoms with Crippen molar-refractivity contribution >= 4 is 68.0 Å². The second-order valence-electron chi connectivity index (χ2n) is 22.4. The molecule has 0 amide bonds. The highest BCUT2D eigenvalue weighted by Crippen LogP contribution is 2.49. The fourth-order valence-electron chi connectivity index (χ4n) is 10.5. The Balaban J connectivity index is 1.31. The van der Waals surface area contributed by atoms with Crippen LogP contribution in [-0.4, -0.2) is 6.71 Å². The smallest absolute Gasteiger partial charge is 0.252 e. The molecule has 0 radical (unpaired) electrons. The first kappa shape index (κ1) is 42.6. The van der Waals surface area contributed by atoms with Crippen molar-refractivity contribution in [3.05, 3.63) is 197 Å². The van der Waals surface area contributed by atoms with E-state index in [-0.39, 0.29) is 28.4 Å². The minimum atomic E-state index is -0.228. The van der Waals surface area contributed by atoms with Crippen molar-refractivity contribution < 1.29 is 0 Å². The molecule has 2 heterocycles. The van der Waals surface area contributed by atoms with Gasteiger partial charge in [0.1, 0.15) is 0 Å². The average molecular weight is 847 g/mol. The SMILES string of the molecule is Cc1cc2c3c(c1)N(c1ccc(C(C)(C)C)cc1-c1ccc4ccccc4c1)c1ccc(C(C)(C)c4ccccc4)cc1B3c1cc(C(C)(C)C)ccc1N2c1ccc(C(C)(C)C)cc1. The largest absolute Gasteiger partial charge is 0.311 e. The van der Waals surface area contributed by atoms with Gasteiger partial charge >= 0.3 is 0 Å². The van der Waals surface area contributed by atoms with Crippen LogP contribution >= 0.6 is 0 Å². The molecule has 8 aromatic carbocycles. The van der Waals surface area contributed by atoms with Gasteiger partial charge < -0.3 is 9.80 Å². The monoisotopic (exact) mass is 847 g/mol. The summed E-state index contributed by atoms with van der Waals surface area (Å²) in [4.78, 5) is 5.18. The van der Waals surface area contributed by atoms with Crippen LogP contribution in [0.4, 0.5) is 34.1 Å². The summed E-state index contributed by atoms with van der Waals surface area (Å²) in [6.07, 6.45) is 0. The summed E-state index contributed by atoms with van der Waals surface area (Å²) in [5.74, 6) is 0. The number of anilines is 6. The maximum Gasteiger partial charge on any atom is 0.252 e. The second-order valence-corrected chi connectivity index (χ2v) is 22.4. The first-order valence-corrected chi connectivity index (χ1v) is 23.6. The summed E-state index contributed by atoms with van der Waals surface area (Å²) in [6.45, 7) is 27.9. The number of aryl methyl sites for hydroxylation is 1. The highest BCUT2D eigenvalue weighted by molar-refractivity contribution is 7.00. The van der Waals surface area contributed by atoms with Crippen LogP contribution in [0.2, 0.25) is 0 Å². The van der Waals surface area contributed by atoms with Gasteiger partial charge in [-0.1, -0.05) is 185 Å². The molecule has 3 heteroatoms. The zero-order chi connectivity index (χ0) is 45.8. The molecule has 2 nitrogen and oxygen atoms in total. The predicted octanol–water partition coefficient (Wildman–Crippen LogP) is 15.1. The molecule has 0 bridgehead atoms. The van der Waals surface area contributed by atoms with E-state index >= 15 is 0 Å². The number of benzene rings is 8. The third kappa shape index (κ3) is 7.29. The van der Waals surface area contributed by atoms with Crippen LogP contribution in [0.1, 0.15) is 110 Å². The maximum atomic E-state index is 2.62. The molecule has 0 fully saturated rings. The lowest BCUT2D eigenvalue weighted by atomic mass is 9.33. The van der Waals surface area contributed by atoms with Crippen molar-refractivity contribution in [2.45, 2.75) is 105 Å². The van der Waals surface area contributed by atoms with Gasteiger partial charge in [0.05, 0.1) is 5.69 Å². The van der Waals surface area contributed by atoms with Gasteiger partial charge in [-0.3, -0.25) is 0 Å². The molecule has 10 rings (SSSR count). The molecular weight excluding hydrogens is 784 g/mol. The Kier molecular flexibility index (Phi) is 9.92. The molecule has 324 valence electrons. The van der Waals surface area contributed by atoms with Crippen LogP contribution in [0.3, 0.4) is 0 Å². The Labute approximate surface area is 389 Å². The molecule has 0 atom stereocenters. The van der Waals surface area contributed by atoms with Crippen LogP contribution in [0.25, 0.3) is 21.9 Å². The molecule has 8 aromatic rings. The average Bonchev–Trinajstić information content (AvgIpc) is 3.27. The van der Waals surface area contributed by atoms with Crippen LogP contribution in [0.15, 0.2) is 164 Å². The number of rotatable bonds is 5. The molecule has 0 N–H and O–H groups in total. The van der Waals surface area contributed by atoms with Crippen molar-refractivity contribution in [3.8, 4) is 11.1 Å². The lowest BCUT2D eigenvalue weighted by Crippen LogP contribution is -2.61. The van der Waals surface area contributed by atoms with Gasteiger partial charge in [-0.2, -0.15) is 0 Å². The van der Waals surface area contributed by atoms with Crippen molar-refractivity contribution in [2.24, 2.45) is 0 Å². The summed E-state index contributed by atoms with van der Waals surface area (Å²) < 4.78 is 0. The van der Waals surface area contributed by atoms with Crippen molar-refractivity contribution in [2.75, 3.05) is 9.80 Å². The molecule has 0 aromatic heterocycles. The molecule has 0 unspecified atom stereocenters. The van der Waals surface area contributed by atoms with E-state index < -0.39 is 0 Å². The summed E-state index contributed by atoms with van der Waals surface area (Å²) in [6, 6.07) is 63.0. The lowest BCUT2D eigenvalue weighted by molar-refractivity contribution is 0.590. The van der Waals surface area contributed by atoms with Gasteiger partial charge in [0.2, 0.25) is 0 Å². The molecule has 2 aliphatic heterocycles. The maximum absolute atomic E-state index is 2.62. The zero-order valence-corrected chi connectivity index (χ0v) is 40.6. The van der Waals surface area contributed by atoms with E-state index in [0.29, 0.717) is 0 Å². The molecule has 2 aliphatic rings. The molecule has 0 spiro atoms. The van der Waals surface area contributed by atoms with Gasteiger partial charge in [-0.05, 0) is 144 Å². The van der Waals surface area contributed by atoms with Gasteiger partial charge in [-0.25, -0.2) is 0 Å². The summed E-state index contributed by atoms with van der Waals surface area (Å²) in [5.41, 5.74) is 21.4. The number of hydrogen-bond donors (Lipinski definition) is 0. The van der Waals surface area contributed by atoms with E-state index in [9.17, 15) is 0 Å². The summed E-state index contributed by atoms with van der Waals surface area (Å²) in [5, 5.41) is 2.50. The molecule has 0 saturated carbocycles. The van der Waals surface area contributed by atoms with Crippen molar-refractivity contribution in [1.82, 2.24) is 0 Å². The van der Waals surface area contributed by atoms with Crippen LogP contribution in [-0.2, 0) is 21.7 Å². The van der Waals surface area contributed by atoms with Crippen LogP contribution in [0.5, 0.6) is 0 Å². The molecule has 65 heavy (non-hydrogen) atoms. The van der Waals surface area contributed by atoms with E-state index in [1.54, 1.807) is 0 Å². The molecular formula is C62H63BN2. The van der Waals surface area contributed by atoms with Gasteiger partial charge in [0.15, 0.2) is 0 Å². The second kappa shape index (κ2) is 15.1. The number of fused-ring (bicyclic) bond motifs is 5. The van der Waals surface area contributed by atoms with E-state index in [1.807, 2.05) is 0 Å². The van der Waals surface area contributed by atoms with Gasteiger partial charge in [-0.15, -0.1) is 0 Å². The highest BCUT2D eigenvalue weighted by atomic mass is 15.2. The van der Waals surface area contributed by atoms with Crippen molar-refractivity contribution in [1.29, 1.82) is 0 Å². The Morgan fingerprint density at radius 1 is 0.369 bits per heavy atom. The Bertz CT molecular complexity index is 3140. The normalized spacial score (nSPS) is 13.8. The summed E-state index contributed by atoms with van der Waals surface area (Å²) in [7, 11) is 0. The van der Waals surface area contributed by atoms with Crippen LogP contribution < -0.4 is 26.2 Å². The number of nitrogens with zero attached hydrogens (tertiary/aromatic N) is 2. The third-order valence-corrected chi connectivity index (χ3v) is 14.4. The van der Waals surface area contributed by atoms with E-state index in [2.05, 4.69) is 257 Å². The highest BCUT2D eigenvalue weighted by Gasteiger charge is 2.45. The Hall–Kier alpha value is -6.32. The van der Waals surface area contributed by atoms with Crippen molar-refractivity contribution in [3.63, 3.8) is 0 Å². The molecule has 0 saturated heterocycles. The fraction of sp³-hybridized carbons (Fsp3) is 0.258. The Morgan fingerprint density at radius 2 is 0.877 bits per heavy atom. The zero-order valence-electron chi connectivity index (χ0n) is 40.6. The standard InChI is InChI=1S/C62H63BN2/c1-40-34-56-58-57(35-40)65(53-31-26-46(60(5,6)7)37-50(53)43-23-22-41-18-16-17-19-42(41)36-43)55-33-28-48(62(11,12)45-20-14-13-15-21-45)39-52(55)63(58)51-38-47(61(8,9)10)27-32-54(51)64(56)49-29-24-44(25-30-49)59(2,3)4/h13-39H,1-12H3. The van der Waals surface area contributed by atoms with E-state index in [4.69, 9.17) is 0 Å². The third-order valence-electron chi connectivity index (χ3n) is 14.4. The Morgan fingerprint density at radius 3 is 1.51 bits per heavy atom. The summed E-state index contributed by atoms with van der Waals surface area (Å²) >= 11 is 0.